The Kier molecular flexibility index (Phi) is 5.00. The van der Waals surface area contributed by atoms with E-state index in [0.717, 1.165) is 18.8 Å². The summed E-state index contributed by atoms with van der Waals surface area (Å²) in [6, 6.07) is 0.676. The maximum absolute atomic E-state index is 11.1. The molecule has 0 aromatic heterocycles. The van der Waals surface area contributed by atoms with Crippen molar-refractivity contribution in [1.82, 2.24) is 9.80 Å². The van der Waals surface area contributed by atoms with E-state index in [-0.39, 0.29) is 5.78 Å². The van der Waals surface area contributed by atoms with Crippen LogP contribution in [0.5, 0.6) is 0 Å². The zero-order valence-electron chi connectivity index (χ0n) is 10.8. The molecule has 16 heavy (non-hydrogen) atoms. The second-order valence-electron chi connectivity index (χ2n) is 4.98. The number of ketones is 1. The van der Waals surface area contributed by atoms with E-state index in [4.69, 9.17) is 0 Å². The average Bonchev–Trinajstić information content (AvgIpc) is 2.41. The van der Waals surface area contributed by atoms with Gasteiger partial charge in [0.15, 0.2) is 0 Å². The summed E-state index contributed by atoms with van der Waals surface area (Å²) in [4.78, 5) is 15.6. The summed E-state index contributed by atoms with van der Waals surface area (Å²) in [7, 11) is 4.29. The van der Waals surface area contributed by atoms with Crippen molar-refractivity contribution in [3.63, 3.8) is 0 Å². The summed E-state index contributed by atoms with van der Waals surface area (Å²) >= 11 is 0. The van der Waals surface area contributed by atoms with Gasteiger partial charge in [0.25, 0.3) is 0 Å². The molecule has 1 aliphatic rings. The van der Waals surface area contributed by atoms with Gasteiger partial charge in [-0.2, -0.15) is 0 Å². The van der Waals surface area contributed by atoms with Gasteiger partial charge in [0.2, 0.25) is 0 Å². The Balaban J connectivity index is 2.46. The van der Waals surface area contributed by atoms with Gasteiger partial charge in [-0.1, -0.05) is 6.58 Å². The second-order valence-corrected chi connectivity index (χ2v) is 4.98. The van der Waals surface area contributed by atoms with Gasteiger partial charge in [0.1, 0.15) is 5.78 Å². The third-order valence-electron chi connectivity index (χ3n) is 3.33. The Bertz CT molecular complexity index is 261. The monoisotopic (exact) mass is 224 g/mol. The number of Topliss-reactive ketones (excluding diaryl/α,β-unsaturated/α-hetero) is 1. The minimum absolute atomic E-state index is 0.207. The molecule has 1 atom stereocenters. The first-order valence-corrected chi connectivity index (χ1v) is 6.09. The van der Waals surface area contributed by atoms with Gasteiger partial charge in [-0.3, -0.25) is 4.79 Å². The molecule has 0 saturated carbocycles. The molecule has 1 saturated heterocycles. The lowest BCUT2D eigenvalue weighted by Gasteiger charge is -2.25. The number of likely N-dealkylation sites (tertiary alicyclic amines) is 1. The number of hydrogen-bond acceptors (Lipinski definition) is 3. The van der Waals surface area contributed by atoms with Crippen LogP contribution >= 0.6 is 0 Å². The largest absolute Gasteiger partial charge is 0.375 e. The van der Waals surface area contributed by atoms with Crippen LogP contribution < -0.4 is 0 Å². The summed E-state index contributed by atoms with van der Waals surface area (Å²) in [6.45, 7) is 7.74. The van der Waals surface area contributed by atoms with E-state index in [1.165, 1.54) is 19.3 Å². The molecule has 1 unspecified atom stereocenters. The van der Waals surface area contributed by atoms with Crippen LogP contribution in [0.15, 0.2) is 12.3 Å². The van der Waals surface area contributed by atoms with E-state index in [1.807, 2.05) is 0 Å². The fourth-order valence-corrected chi connectivity index (χ4v) is 2.31. The molecule has 1 heterocycles. The first kappa shape index (κ1) is 13.2. The van der Waals surface area contributed by atoms with Crippen molar-refractivity contribution in [2.75, 3.05) is 27.2 Å². The third kappa shape index (κ3) is 3.97. The molecule has 0 aromatic carbocycles. The highest BCUT2D eigenvalue weighted by molar-refractivity contribution is 5.77. The molecule has 0 amide bonds. The highest BCUT2D eigenvalue weighted by Gasteiger charge is 2.19. The SMILES string of the molecule is C=C(CC(C)=O)N1CCCC(N(C)C)CC1. The molecular weight excluding hydrogens is 200 g/mol. The highest BCUT2D eigenvalue weighted by Crippen LogP contribution is 2.18. The molecule has 1 rings (SSSR count). The second kappa shape index (κ2) is 6.04. The molecule has 0 aromatic rings. The van der Waals surface area contributed by atoms with Crippen LogP contribution in [-0.4, -0.2) is 48.8 Å². The molecule has 0 aliphatic carbocycles. The maximum atomic E-state index is 11.1. The van der Waals surface area contributed by atoms with E-state index < -0.39 is 0 Å². The summed E-state index contributed by atoms with van der Waals surface area (Å²) in [5.41, 5.74) is 0.993. The van der Waals surface area contributed by atoms with E-state index in [0.29, 0.717) is 12.5 Å². The topological polar surface area (TPSA) is 23.6 Å². The summed E-state index contributed by atoms with van der Waals surface area (Å²) in [5, 5.41) is 0. The van der Waals surface area contributed by atoms with Gasteiger partial charge in [0.05, 0.1) is 0 Å². The molecule has 1 aliphatic heterocycles. The van der Waals surface area contributed by atoms with Crippen LogP contribution in [0.25, 0.3) is 0 Å². The molecule has 3 nitrogen and oxygen atoms in total. The molecule has 1 fully saturated rings. The third-order valence-corrected chi connectivity index (χ3v) is 3.33. The lowest BCUT2D eigenvalue weighted by Crippen LogP contribution is -2.30. The van der Waals surface area contributed by atoms with E-state index >= 15 is 0 Å². The highest BCUT2D eigenvalue weighted by atomic mass is 16.1. The van der Waals surface area contributed by atoms with Crippen LogP contribution in [0.4, 0.5) is 0 Å². The summed E-state index contributed by atoms with van der Waals surface area (Å²) in [6.07, 6.45) is 4.12. The van der Waals surface area contributed by atoms with E-state index in [1.54, 1.807) is 6.92 Å². The molecule has 0 N–H and O–H groups in total. The molecule has 0 spiro atoms. The molecular formula is C13H24N2O. The normalized spacial score (nSPS) is 22.0. The van der Waals surface area contributed by atoms with Gasteiger partial charge in [0, 0.05) is 31.2 Å². The number of rotatable bonds is 4. The van der Waals surface area contributed by atoms with Crippen LogP contribution in [0.1, 0.15) is 32.6 Å². The van der Waals surface area contributed by atoms with Crippen LogP contribution in [-0.2, 0) is 4.79 Å². The number of carbonyl (C=O) groups excluding carboxylic acids is 1. The van der Waals surface area contributed by atoms with Gasteiger partial charge >= 0.3 is 0 Å². The Morgan fingerprint density at radius 2 is 2.06 bits per heavy atom. The van der Waals surface area contributed by atoms with Crippen LogP contribution in [0.2, 0.25) is 0 Å². The van der Waals surface area contributed by atoms with Gasteiger partial charge < -0.3 is 9.80 Å². The zero-order valence-corrected chi connectivity index (χ0v) is 10.8. The zero-order chi connectivity index (χ0) is 12.1. The number of nitrogens with zero attached hydrogens (tertiary/aromatic N) is 2. The molecule has 92 valence electrons. The van der Waals surface area contributed by atoms with Crippen LogP contribution in [0, 0.1) is 0 Å². The maximum Gasteiger partial charge on any atom is 0.135 e. The molecule has 3 heteroatoms. The van der Waals surface area contributed by atoms with Crippen molar-refractivity contribution in [2.24, 2.45) is 0 Å². The van der Waals surface area contributed by atoms with Crippen LogP contribution in [0.3, 0.4) is 0 Å². The lowest BCUT2D eigenvalue weighted by atomic mass is 10.1. The fourth-order valence-electron chi connectivity index (χ4n) is 2.31. The summed E-state index contributed by atoms with van der Waals surface area (Å²) < 4.78 is 0. The standard InChI is InChI=1S/C13H24N2O/c1-11(10-12(2)16)15-8-5-6-13(7-9-15)14(3)4/h13H,1,5-10H2,2-4H3. The van der Waals surface area contributed by atoms with Gasteiger partial charge in [-0.05, 0) is 40.3 Å². The van der Waals surface area contributed by atoms with Crippen molar-refractivity contribution in [2.45, 2.75) is 38.6 Å². The van der Waals surface area contributed by atoms with E-state index in [2.05, 4.69) is 30.5 Å². The Labute approximate surface area is 99.1 Å². The predicted octanol–water partition coefficient (Wildman–Crippen LogP) is 1.90. The fraction of sp³-hybridized carbons (Fsp3) is 0.769. The first-order valence-electron chi connectivity index (χ1n) is 6.09. The lowest BCUT2D eigenvalue weighted by molar-refractivity contribution is -0.116. The smallest absolute Gasteiger partial charge is 0.135 e. The van der Waals surface area contributed by atoms with Crippen molar-refractivity contribution in [3.8, 4) is 0 Å². The predicted molar refractivity (Wildman–Crippen MR) is 67.3 cm³/mol. The quantitative estimate of drug-likeness (QED) is 0.728. The van der Waals surface area contributed by atoms with E-state index in [9.17, 15) is 4.79 Å². The van der Waals surface area contributed by atoms with Crippen molar-refractivity contribution in [3.05, 3.63) is 12.3 Å². The van der Waals surface area contributed by atoms with Crippen molar-refractivity contribution in [1.29, 1.82) is 0 Å². The Morgan fingerprint density at radius 3 is 2.62 bits per heavy atom. The minimum atomic E-state index is 0.207. The number of carbonyl (C=O) groups is 1. The molecule has 0 bridgehead atoms. The Hall–Kier alpha value is -0.830. The van der Waals surface area contributed by atoms with Gasteiger partial charge in [-0.15, -0.1) is 0 Å². The Morgan fingerprint density at radius 1 is 1.38 bits per heavy atom. The van der Waals surface area contributed by atoms with Gasteiger partial charge in [-0.25, -0.2) is 0 Å². The summed E-state index contributed by atoms with van der Waals surface area (Å²) in [5.74, 6) is 0.207. The van der Waals surface area contributed by atoms with Crippen molar-refractivity contribution < 1.29 is 4.79 Å². The number of allylic oxidation sites excluding steroid dienone is 1. The average molecular weight is 224 g/mol. The van der Waals surface area contributed by atoms with Crippen molar-refractivity contribution >= 4 is 5.78 Å². The first-order chi connectivity index (χ1) is 7.50. The number of hydrogen-bond donors (Lipinski definition) is 0. The molecule has 0 radical (unpaired) electrons. The minimum Gasteiger partial charge on any atom is -0.375 e.